The van der Waals surface area contributed by atoms with Gasteiger partial charge in [0, 0.05) is 17.9 Å². The van der Waals surface area contributed by atoms with Crippen molar-refractivity contribution in [1.29, 1.82) is 0 Å². The number of fused-ring (bicyclic) bond motifs is 2. The molecule has 1 atom stereocenters. The molecule has 7 nitrogen and oxygen atoms in total. The van der Waals surface area contributed by atoms with Crippen LogP contribution in [0.2, 0.25) is 0 Å². The summed E-state index contributed by atoms with van der Waals surface area (Å²) in [5.74, 6) is 1.93. The molecule has 0 spiro atoms. The summed E-state index contributed by atoms with van der Waals surface area (Å²) in [5.41, 5.74) is 2.88. The van der Waals surface area contributed by atoms with E-state index >= 15 is 0 Å². The van der Waals surface area contributed by atoms with Gasteiger partial charge in [0.25, 0.3) is 0 Å². The topological polar surface area (TPSA) is 78.3 Å². The first-order valence-electron chi connectivity index (χ1n) is 10.8. The van der Waals surface area contributed by atoms with Gasteiger partial charge in [-0.25, -0.2) is 4.98 Å². The van der Waals surface area contributed by atoms with Gasteiger partial charge in [-0.15, -0.1) is 0 Å². The van der Waals surface area contributed by atoms with Gasteiger partial charge < -0.3 is 14.8 Å². The number of hydrogen-bond acceptors (Lipinski definition) is 6. The van der Waals surface area contributed by atoms with Crippen LogP contribution in [0.25, 0.3) is 15.3 Å². The summed E-state index contributed by atoms with van der Waals surface area (Å²) in [6, 6.07) is 13.9. The molecular weight excluding hydrogens is 424 g/mol. The van der Waals surface area contributed by atoms with Crippen LogP contribution in [0.3, 0.4) is 0 Å². The molecule has 0 saturated carbocycles. The number of carbonyl (C=O) groups is 1. The van der Waals surface area contributed by atoms with Crippen LogP contribution in [-0.2, 0) is 4.79 Å². The van der Waals surface area contributed by atoms with Crippen LogP contribution in [0.1, 0.15) is 43.7 Å². The maximum Gasteiger partial charge on any atom is 0.226 e. The van der Waals surface area contributed by atoms with Gasteiger partial charge >= 0.3 is 0 Å². The van der Waals surface area contributed by atoms with Gasteiger partial charge in [-0.1, -0.05) is 36.5 Å². The standard InChI is InChI=1S/C24H24N4O3S/c1-3-11-31-19-10-9-15(12-20(19)30-4-2)16-13-22(29)27-23-17(16)14-25-28(23)24-26-18-7-5-6-8-21(18)32-24/h5-10,12,14,16H,3-4,11,13H2,1-2H3,(H,27,29). The highest BCUT2D eigenvalue weighted by atomic mass is 32.1. The minimum Gasteiger partial charge on any atom is -0.490 e. The van der Waals surface area contributed by atoms with Crippen LogP contribution in [0.5, 0.6) is 11.5 Å². The second-order valence-electron chi connectivity index (χ2n) is 7.62. The smallest absolute Gasteiger partial charge is 0.226 e. The van der Waals surface area contributed by atoms with Crippen molar-refractivity contribution in [2.45, 2.75) is 32.6 Å². The Hall–Kier alpha value is -3.39. The maximum atomic E-state index is 12.7. The van der Waals surface area contributed by atoms with E-state index in [-0.39, 0.29) is 11.8 Å². The monoisotopic (exact) mass is 448 g/mol. The first-order valence-corrected chi connectivity index (χ1v) is 11.6. The second kappa shape index (κ2) is 8.63. The zero-order valence-electron chi connectivity index (χ0n) is 18.0. The minimum absolute atomic E-state index is 0.0466. The number of amides is 1. The van der Waals surface area contributed by atoms with Crippen molar-refractivity contribution in [3.05, 3.63) is 59.8 Å². The molecule has 5 rings (SSSR count). The van der Waals surface area contributed by atoms with Gasteiger partial charge in [0.15, 0.2) is 11.5 Å². The number of nitrogens with zero attached hydrogens (tertiary/aromatic N) is 3. The number of hydrogen-bond donors (Lipinski definition) is 1. The third-order valence-electron chi connectivity index (χ3n) is 5.42. The Morgan fingerprint density at radius 1 is 1.16 bits per heavy atom. The fourth-order valence-corrected chi connectivity index (χ4v) is 4.88. The second-order valence-corrected chi connectivity index (χ2v) is 8.63. The molecule has 0 bridgehead atoms. The molecule has 1 amide bonds. The number of carbonyl (C=O) groups excluding carboxylic acids is 1. The van der Waals surface area contributed by atoms with E-state index in [2.05, 4.69) is 17.3 Å². The fraction of sp³-hybridized carbons (Fsp3) is 0.292. The van der Waals surface area contributed by atoms with E-state index in [4.69, 9.17) is 14.5 Å². The Morgan fingerprint density at radius 2 is 2.03 bits per heavy atom. The summed E-state index contributed by atoms with van der Waals surface area (Å²) in [6.45, 7) is 5.19. The minimum atomic E-state index is -0.124. The SMILES string of the molecule is CCCOc1ccc(C2CC(=O)Nc3c2cnn3-c2nc3ccccc3s2)cc1OCC. The molecule has 0 radical (unpaired) electrons. The molecule has 8 heteroatoms. The fourth-order valence-electron chi connectivity index (χ4n) is 3.95. The molecule has 3 heterocycles. The van der Waals surface area contributed by atoms with Gasteiger partial charge in [-0.2, -0.15) is 9.78 Å². The van der Waals surface area contributed by atoms with Crippen LogP contribution in [0.15, 0.2) is 48.7 Å². The average Bonchev–Trinajstić information content (AvgIpc) is 3.41. The first-order chi connectivity index (χ1) is 15.7. The van der Waals surface area contributed by atoms with Crippen molar-refractivity contribution >= 4 is 33.3 Å². The van der Waals surface area contributed by atoms with E-state index < -0.39 is 0 Å². The first kappa shape index (κ1) is 20.5. The number of benzene rings is 2. The van der Waals surface area contributed by atoms with Gasteiger partial charge in [0.1, 0.15) is 5.82 Å². The Balaban J connectivity index is 1.54. The summed E-state index contributed by atoms with van der Waals surface area (Å²) in [5, 5.41) is 8.32. The predicted molar refractivity (Wildman–Crippen MR) is 125 cm³/mol. The summed E-state index contributed by atoms with van der Waals surface area (Å²) in [4.78, 5) is 17.4. The zero-order chi connectivity index (χ0) is 22.1. The average molecular weight is 449 g/mol. The number of aromatic nitrogens is 3. The molecule has 32 heavy (non-hydrogen) atoms. The van der Waals surface area contributed by atoms with Crippen LogP contribution >= 0.6 is 11.3 Å². The summed E-state index contributed by atoms with van der Waals surface area (Å²) in [7, 11) is 0. The summed E-state index contributed by atoms with van der Waals surface area (Å²) < 4.78 is 14.5. The number of anilines is 1. The Kier molecular flexibility index (Phi) is 5.53. The van der Waals surface area contributed by atoms with Crippen molar-refractivity contribution in [1.82, 2.24) is 14.8 Å². The van der Waals surface area contributed by atoms with Crippen LogP contribution < -0.4 is 14.8 Å². The van der Waals surface area contributed by atoms with E-state index in [0.29, 0.717) is 31.2 Å². The van der Waals surface area contributed by atoms with E-state index in [1.807, 2.05) is 55.6 Å². The Bertz CT molecular complexity index is 1250. The molecule has 0 fully saturated rings. The quantitative estimate of drug-likeness (QED) is 0.423. The van der Waals surface area contributed by atoms with Crippen molar-refractivity contribution < 1.29 is 14.3 Å². The summed E-state index contributed by atoms with van der Waals surface area (Å²) >= 11 is 1.55. The molecule has 1 unspecified atom stereocenters. The van der Waals surface area contributed by atoms with Crippen molar-refractivity contribution in [2.75, 3.05) is 18.5 Å². The maximum absolute atomic E-state index is 12.7. The Morgan fingerprint density at radius 3 is 2.84 bits per heavy atom. The highest BCUT2D eigenvalue weighted by Crippen LogP contribution is 2.41. The number of rotatable bonds is 7. The highest BCUT2D eigenvalue weighted by Gasteiger charge is 2.31. The van der Waals surface area contributed by atoms with Crippen molar-refractivity contribution in [3.63, 3.8) is 0 Å². The molecule has 2 aromatic heterocycles. The molecule has 1 N–H and O–H groups in total. The molecule has 1 aliphatic rings. The normalized spacial score (nSPS) is 15.4. The predicted octanol–water partition coefficient (Wildman–Crippen LogP) is 5.14. The van der Waals surface area contributed by atoms with E-state index in [0.717, 1.165) is 38.6 Å². The number of ether oxygens (including phenoxy) is 2. The van der Waals surface area contributed by atoms with Gasteiger partial charge in [-0.05, 0) is 43.2 Å². The molecular formula is C24H24N4O3S. The molecule has 4 aromatic rings. The molecule has 2 aromatic carbocycles. The van der Waals surface area contributed by atoms with Crippen molar-refractivity contribution in [2.24, 2.45) is 0 Å². The third kappa shape index (κ3) is 3.71. The van der Waals surface area contributed by atoms with Crippen LogP contribution in [0, 0.1) is 0 Å². The van der Waals surface area contributed by atoms with Gasteiger partial charge in [0.2, 0.25) is 11.0 Å². The lowest BCUT2D eigenvalue weighted by molar-refractivity contribution is -0.116. The third-order valence-corrected chi connectivity index (χ3v) is 6.43. The van der Waals surface area contributed by atoms with Gasteiger partial charge in [-0.3, -0.25) is 4.79 Å². The van der Waals surface area contributed by atoms with Crippen LogP contribution in [0.4, 0.5) is 5.82 Å². The molecule has 164 valence electrons. The lowest BCUT2D eigenvalue weighted by atomic mass is 9.87. The van der Waals surface area contributed by atoms with E-state index in [1.54, 1.807) is 16.0 Å². The van der Waals surface area contributed by atoms with Gasteiger partial charge in [0.05, 0.1) is 29.6 Å². The zero-order valence-corrected chi connectivity index (χ0v) is 18.8. The Labute approximate surface area is 190 Å². The lowest BCUT2D eigenvalue weighted by Gasteiger charge is -2.24. The lowest BCUT2D eigenvalue weighted by Crippen LogP contribution is -2.24. The van der Waals surface area contributed by atoms with Crippen LogP contribution in [-0.4, -0.2) is 33.9 Å². The molecule has 0 saturated heterocycles. The van der Waals surface area contributed by atoms with E-state index in [1.165, 1.54) is 0 Å². The number of nitrogens with one attached hydrogen (secondary N) is 1. The number of para-hydroxylation sites is 1. The summed E-state index contributed by atoms with van der Waals surface area (Å²) in [6.07, 6.45) is 3.09. The highest BCUT2D eigenvalue weighted by molar-refractivity contribution is 7.20. The largest absolute Gasteiger partial charge is 0.490 e. The van der Waals surface area contributed by atoms with Crippen molar-refractivity contribution in [3.8, 4) is 16.6 Å². The van der Waals surface area contributed by atoms with E-state index in [9.17, 15) is 4.79 Å². The number of thiazole rings is 1. The molecule has 1 aliphatic heterocycles. The molecule has 0 aliphatic carbocycles.